The highest BCUT2D eigenvalue weighted by molar-refractivity contribution is 5.25. The first-order valence-corrected chi connectivity index (χ1v) is 6.09. The van der Waals surface area contributed by atoms with Gasteiger partial charge in [-0.1, -0.05) is 18.9 Å². The summed E-state index contributed by atoms with van der Waals surface area (Å²) in [6, 6.07) is 1.20. The molecular weight excluding hydrogens is 184 g/mol. The minimum Gasteiger partial charge on any atom is -0.372 e. The lowest BCUT2D eigenvalue weighted by Gasteiger charge is -2.39. The van der Waals surface area contributed by atoms with Gasteiger partial charge in [0, 0.05) is 13.1 Å². The molecule has 2 atom stereocenters. The molecule has 0 aromatic carbocycles. The minimum atomic E-state index is 0.584. The molecule has 1 heterocycles. The molecule has 1 saturated carbocycles. The Morgan fingerprint density at radius 3 is 3.00 bits per heavy atom. The summed E-state index contributed by atoms with van der Waals surface area (Å²) < 4.78 is 0. The van der Waals surface area contributed by atoms with Gasteiger partial charge in [0.15, 0.2) is 0 Å². The maximum Gasteiger partial charge on any atom is 0.0649 e. The number of fused-ring (bicyclic) bond motifs is 1. The van der Waals surface area contributed by atoms with Crippen molar-refractivity contribution >= 4 is 0 Å². The molecule has 1 aliphatic heterocycles. The topological polar surface area (TPSA) is 15.3 Å². The maximum atomic E-state index is 3.48. The van der Waals surface area contributed by atoms with Gasteiger partial charge in [-0.15, -0.1) is 0 Å². The average molecular weight is 206 g/mol. The van der Waals surface area contributed by atoms with E-state index in [2.05, 4.69) is 42.7 Å². The summed E-state index contributed by atoms with van der Waals surface area (Å²) in [7, 11) is 4.29. The van der Waals surface area contributed by atoms with Crippen LogP contribution in [0.4, 0.5) is 0 Å². The van der Waals surface area contributed by atoms with Gasteiger partial charge in [-0.2, -0.15) is 0 Å². The van der Waals surface area contributed by atoms with Crippen LogP contribution in [0.5, 0.6) is 0 Å². The number of rotatable bonds is 1. The number of likely N-dealkylation sites (N-methyl/N-ethyl adjacent to an activating group) is 2. The summed E-state index contributed by atoms with van der Waals surface area (Å²) in [5.74, 6) is 0. The van der Waals surface area contributed by atoms with E-state index in [4.69, 9.17) is 0 Å². The zero-order valence-corrected chi connectivity index (χ0v) is 9.87. The summed E-state index contributed by atoms with van der Waals surface area (Å²) >= 11 is 0. The number of hydrogen-bond acceptors (Lipinski definition) is 2. The molecule has 0 bridgehead atoms. The van der Waals surface area contributed by atoms with Crippen molar-refractivity contribution in [2.45, 2.75) is 44.2 Å². The van der Waals surface area contributed by atoms with Crippen molar-refractivity contribution in [1.82, 2.24) is 10.2 Å². The molecule has 0 amide bonds. The largest absolute Gasteiger partial charge is 0.372 e. The molecule has 0 aromatic rings. The van der Waals surface area contributed by atoms with Crippen LogP contribution in [-0.2, 0) is 0 Å². The number of allylic oxidation sites excluding steroid dienone is 2. The summed E-state index contributed by atoms with van der Waals surface area (Å²) in [6.07, 6.45) is 13.4. The minimum absolute atomic E-state index is 0.584. The van der Waals surface area contributed by atoms with Gasteiger partial charge in [-0.3, -0.25) is 0 Å². The van der Waals surface area contributed by atoms with Crippen LogP contribution < -0.4 is 5.32 Å². The van der Waals surface area contributed by atoms with Gasteiger partial charge in [0.05, 0.1) is 6.04 Å². The molecule has 0 saturated heterocycles. The van der Waals surface area contributed by atoms with E-state index in [0.717, 1.165) is 0 Å². The van der Waals surface area contributed by atoms with E-state index < -0.39 is 0 Å². The Bertz CT molecular complexity index is 268. The quantitative estimate of drug-likeness (QED) is 0.708. The van der Waals surface area contributed by atoms with Crippen molar-refractivity contribution in [2.75, 3.05) is 14.1 Å². The summed E-state index contributed by atoms with van der Waals surface area (Å²) in [6.45, 7) is 0. The zero-order valence-electron chi connectivity index (χ0n) is 9.87. The lowest BCUT2D eigenvalue weighted by Crippen LogP contribution is -2.48. The third kappa shape index (κ3) is 2.25. The van der Waals surface area contributed by atoms with E-state index in [9.17, 15) is 0 Å². The molecule has 1 N–H and O–H groups in total. The zero-order chi connectivity index (χ0) is 10.7. The Kier molecular flexibility index (Phi) is 3.47. The molecule has 2 nitrogen and oxygen atoms in total. The normalized spacial score (nSPS) is 31.6. The Labute approximate surface area is 93.0 Å². The number of nitrogens with one attached hydrogen (secondary N) is 1. The molecule has 1 fully saturated rings. The van der Waals surface area contributed by atoms with E-state index in [1.165, 1.54) is 32.1 Å². The Morgan fingerprint density at radius 2 is 2.20 bits per heavy atom. The smallest absolute Gasteiger partial charge is 0.0649 e. The van der Waals surface area contributed by atoms with Crippen LogP contribution >= 0.6 is 0 Å². The van der Waals surface area contributed by atoms with E-state index in [1.54, 1.807) is 5.57 Å². The van der Waals surface area contributed by atoms with Crippen molar-refractivity contribution < 1.29 is 0 Å². The maximum absolute atomic E-state index is 3.48. The second-order valence-electron chi connectivity index (χ2n) is 4.69. The van der Waals surface area contributed by atoms with Crippen LogP contribution in [0.15, 0.2) is 23.9 Å². The van der Waals surface area contributed by atoms with E-state index in [1.807, 2.05) is 0 Å². The highest BCUT2D eigenvalue weighted by Crippen LogP contribution is 2.28. The standard InChI is InChI=1S/C13H22N2/c1-14-12-9-5-3-4-7-11-8-6-10-15(2)13(11)12/h6,8,10,12-14H,3-5,7,9H2,1-2H3. The fraction of sp³-hybridized carbons (Fsp3) is 0.692. The molecule has 2 aliphatic rings. The average Bonchev–Trinajstić information content (AvgIpc) is 2.20. The molecule has 2 rings (SSSR count). The lowest BCUT2D eigenvalue weighted by atomic mass is 9.86. The van der Waals surface area contributed by atoms with Gasteiger partial charge in [0.25, 0.3) is 0 Å². The van der Waals surface area contributed by atoms with Crippen molar-refractivity contribution in [2.24, 2.45) is 0 Å². The van der Waals surface area contributed by atoms with Gasteiger partial charge in [0.1, 0.15) is 0 Å². The van der Waals surface area contributed by atoms with Crippen molar-refractivity contribution in [3.63, 3.8) is 0 Å². The Balaban J connectivity index is 2.19. The van der Waals surface area contributed by atoms with E-state index in [-0.39, 0.29) is 0 Å². The summed E-state index contributed by atoms with van der Waals surface area (Å²) in [5, 5.41) is 3.48. The van der Waals surface area contributed by atoms with Crippen LogP contribution in [0.25, 0.3) is 0 Å². The van der Waals surface area contributed by atoms with Crippen LogP contribution in [0.1, 0.15) is 32.1 Å². The van der Waals surface area contributed by atoms with Crippen LogP contribution in [0.2, 0.25) is 0 Å². The van der Waals surface area contributed by atoms with Gasteiger partial charge < -0.3 is 10.2 Å². The first-order chi connectivity index (χ1) is 7.33. The Hall–Kier alpha value is -0.760. The van der Waals surface area contributed by atoms with Gasteiger partial charge in [0.2, 0.25) is 0 Å². The number of hydrogen-bond donors (Lipinski definition) is 1. The molecule has 0 radical (unpaired) electrons. The highest BCUT2D eigenvalue weighted by atomic mass is 15.2. The van der Waals surface area contributed by atoms with Crippen LogP contribution in [0.3, 0.4) is 0 Å². The van der Waals surface area contributed by atoms with Crippen molar-refractivity contribution in [3.05, 3.63) is 23.9 Å². The van der Waals surface area contributed by atoms with Crippen LogP contribution in [0, 0.1) is 0 Å². The monoisotopic (exact) mass is 206 g/mol. The summed E-state index contributed by atoms with van der Waals surface area (Å²) in [4.78, 5) is 2.36. The van der Waals surface area contributed by atoms with Crippen molar-refractivity contribution in [3.8, 4) is 0 Å². The van der Waals surface area contributed by atoms with Crippen LogP contribution in [-0.4, -0.2) is 31.1 Å². The SMILES string of the molecule is CNC1CCCCCC2=CC=CN(C)C21. The molecule has 15 heavy (non-hydrogen) atoms. The lowest BCUT2D eigenvalue weighted by molar-refractivity contribution is 0.262. The third-order valence-electron chi connectivity index (χ3n) is 3.68. The molecular formula is C13H22N2. The first kappa shape index (κ1) is 10.7. The molecule has 2 unspecified atom stereocenters. The molecule has 0 spiro atoms. The highest BCUT2D eigenvalue weighted by Gasteiger charge is 2.28. The van der Waals surface area contributed by atoms with Gasteiger partial charge >= 0.3 is 0 Å². The second-order valence-corrected chi connectivity index (χ2v) is 4.69. The Morgan fingerprint density at radius 1 is 1.33 bits per heavy atom. The van der Waals surface area contributed by atoms with E-state index in [0.29, 0.717) is 12.1 Å². The molecule has 1 aliphatic carbocycles. The van der Waals surface area contributed by atoms with Gasteiger partial charge in [-0.05, 0) is 44.2 Å². The fourth-order valence-corrected chi connectivity index (χ4v) is 2.86. The predicted molar refractivity (Wildman–Crippen MR) is 64.7 cm³/mol. The molecule has 84 valence electrons. The summed E-state index contributed by atoms with van der Waals surface area (Å²) in [5.41, 5.74) is 1.61. The first-order valence-electron chi connectivity index (χ1n) is 6.09. The van der Waals surface area contributed by atoms with Gasteiger partial charge in [-0.25, -0.2) is 0 Å². The van der Waals surface area contributed by atoms with Crippen molar-refractivity contribution in [1.29, 1.82) is 0 Å². The van der Waals surface area contributed by atoms with E-state index >= 15 is 0 Å². The molecule has 2 heteroatoms. The number of nitrogens with zero attached hydrogens (tertiary/aromatic N) is 1. The molecule has 0 aromatic heterocycles. The predicted octanol–water partition coefficient (Wildman–Crippen LogP) is 2.29. The fourth-order valence-electron chi connectivity index (χ4n) is 2.86. The third-order valence-corrected chi connectivity index (χ3v) is 3.68. The second kappa shape index (κ2) is 4.84.